The van der Waals surface area contributed by atoms with E-state index in [1.165, 1.54) is 6.07 Å². The van der Waals surface area contributed by atoms with Crippen molar-refractivity contribution in [1.82, 2.24) is 14.8 Å². The Balaban J connectivity index is 2.54. The van der Waals surface area contributed by atoms with Gasteiger partial charge in [0.1, 0.15) is 11.6 Å². The van der Waals surface area contributed by atoms with Gasteiger partial charge in [0.25, 0.3) is 0 Å². The van der Waals surface area contributed by atoms with E-state index < -0.39 is 0 Å². The van der Waals surface area contributed by atoms with Gasteiger partial charge in [-0.15, -0.1) is 10.2 Å². The number of aromatic nitrogens is 3. The average molecular weight is 240 g/mol. The summed E-state index contributed by atoms with van der Waals surface area (Å²) in [7, 11) is 0. The van der Waals surface area contributed by atoms with Crippen LogP contribution in [0.3, 0.4) is 0 Å². The fourth-order valence-electron chi connectivity index (χ4n) is 1.55. The van der Waals surface area contributed by atoms with Crippen LogP contribution in [0.2, 0.25) is 5.28 Å². The summed E-state index contributed by atoms with van der Waals surface area (Å²) in [6.45, 7) is 2.02. The van der Waals surface area contributed by atoms with Crippen LogP contribution < -0.4 is 0 Å². The van der Waals surface area contributed by atoms with Gasteiger partial charge in [-0.3, -0.25) is 4.57 Å². The molecule has 0 atom stereocenters. The zero-order valence-corrected chi connectivity index (χ0v) is 9.58. The molecule has 0 bridgehead atoms. The van der Waals surface area contributed by atoms with Crippen molar-refractivity contribution in [2.45, 2.75) is 19.8 Å². The summed E-state index contributed by atoms with van der Waals surface area (Å²) in [6, 6.07) is 6.44. The molecule has 84 valence electrons. The van der Waals surface area contributed by atoms with Gasteiger partial charge in [-0.05, 0) is 30.2 Å². The number of rotatable bonds is 3. The number of hydrogen-bond acceptors (Lipinski definition) is 2. The molecule has 1 aromatic heterocycles. The largest absolute Gasteiger partial charge is 0.267 e. The lowest BCUT2D eigenvalue weighted by molar-refractivity contribution is 0.614. The van der Waals surface area contributed by atoms with Gasteiger partial charge in [0.2, 0.25) is 5.28 Å². The van der Waals surface area contributed by atoms with Gasteiger partial charge in [0.05, 0.1) is 5.69 Å². The lowest BCUT2D eigenvalue weighted by Crippen LogP contribution is -2.03. The van der Waals surface area contributed by atoms with E-state index in [-0.39, 0.29) is 11.1 Å². The van der Waals surface area contributed by atoms with Crippen LogP contribution in [0.4, 0.5) is 4.39 Å². The van der Waals surface area contributed by atoms with Crippen LogP contribution >= 0.6 is 11.6 Å². The average Bonchev–Trinajstić information content (AvgIpc) is 2.62. The molecule has 3 nitrogen and oxygen atoms in total. The standard InChI is InChI=1S/C11H11ClFN3/c1-2-5-10-14-15-11(12)16(10)9-7-4-3-6-8(9)13/h3-4,6-7H,2,5H2,1H3. The molecule has 1 aromatic carbocycles. The minimum absolute atomic E-state index is 0.188. The molecule has 0 saturated carbocycles. The van der Waals surface area contributed by atoms with Crippen LogP contribution in [0, 0.1) is 5.82 Å². The number of hydrogen-bond donors (Lipinski definition) is 0. The van der Waals surface area contributed by atoms with Gasteiger partial charge in [-0.1, -0.05) is 19.1 Å². The Bertz CT molecular complexity index is 496. The number of aryl methyl sites for hydroxylation is 1. The number of halogens is 2. The highest BCUT2D eigenvalue weighted by atomic mass is 35.5. The van der Waals surface area contributed by atoms with Crippen molar-refractivity contribution in [3.05, 3.63) is 41.2 Å². The second kappa shape index (κ2) is 4.61. The van der Waals surface area contributed by atoms with Gasteiger partial charge in [0, 0.05) is 6.42 Å². The lowest BCUT2D eigenvalue weighted by Gasteiger charge is -2.07. The maximum absolute atomic E-state index is 13.6. The second-order valence-corrected chi connectivity index (χ2v) is 3.76. The molecule has 0 spiro atoms. The smallest absolute Gasteiger partial charge is 0.229 e. The van der Waals surface area contributed by atoms with Gasteiger partial charge < -0.3 is 0 Å². The van der Waals surface area contributed by atoms with Crippen molar-refractivity contribution in [1.29, 1.82) is 0 Å². The summed E-state index contributed by atoms with van der Waals surface area (Å²) in [5, 5.41) is 7.89. The molecule has 0 fully saturated rings. The molecule has 0 aliphatic rings. The van der Waals surface area contributed by atoms with E-state index in [0.717, 1.165) is 6.42 Å². The van der Waals surface area contributed by atoms with Gasteiger partial charge in [-0.25, -0.2) is 4.39 Å². The molecule has 2 aromatic rings. The Morgan fingerprint density at radius 3 is 2.75 bits per heavy atom. The quantitative estimate of drug-likeness (QED) is 0.824. The Kier molecular flexibility index (Phi) is 3.19. The van der Waals surface area contributed by atoms with Crippen LogP contribution in [0.5, 0.6) is 0 Å². The first kappa shape index (κ1) is 11.1. The van der Waals surface area contributed by atoms with Crippen LogP contribution in [-0.2, 0) is 6.42 Å². The molecule has 0 N–H and O–H groups in total. The van der Waals surface area contributed by atoms with E-state index in [9.17, 15) is 4.39 Å². The van der Waals surface area contributed by atoms with E-state index >= 15 is 0 Å². The SMILES string of the molecule is CCCc1nnc(Cl)n1-c1ccccc1F. The maximum Gasteiger partial charge on any atom is 0.229 e. The summed E-state index contributed by atoms with van der Waals surface area (Å²) in [5.41, 5.74) is 0.390. The van der Waals surface area contributed by atoms with Crippen molar-refractivity contribution in [3.8, 4) is 5.69 Å². The van der Waals surface area contributed by atoms with Crippen LogP contribution in [0.25, 0.3) is 5.69 Å². The predicted octanol–water partition coefficient (Wildman–Crippen LogP) is 3.01. The summed E-state index contributed by atoms with van der Waals surface area (Å²) >= 11 is 5.91. The van der Waals surface area contributed by atoms with Crippen molar-refractivity contribution in [3.63, 3.8) is 0 Å². The highest BCUT2D eigenvalue weighted by Crippen LogP contribution is 2.20. The summed E-state index contributed by atoms with van der Waals surface area (Å²) in [6.07, 6.45) is 1.62. The molecule has 0 aliphatic carbocycles. The van der Waals surface area contributed by atoms with E-state index in [1.807, 2.05) is 6.92 Å². The fraction of sp³-hybridized carbons (Fsp3) is 0.273. The molecule has 2 rings (SSSR count). The summed E-state index contributed by atoms with van der Waals surface area (Å²) in [4.78, 5) is 0. The molecule has 0 unspecified atom stereocenters. The zero-order valence-electron chi connectivity index (χ0n) is 8.82. The molecule has 16 heavy (non-hydrogen) atoms. The summed E-state index contributed by atoms with van der Waals surface area (Å²) in [5.74, 6) is 0.346. The Morgan fingerprint density at radius 1 is 1.31 bits per heavy atom. The Hall–Kier alpha value is -1.42. The van der Waals surface area contributed by atoms with Crippen molar-refractivity contribution in [2.75, 3.05) is 0 Å². The van der Waals surface area contributed by atoms with Crippen LogP contribution in [0.1, 0.15) is 19.2 Å². The zero-order chi connectivity index (χ0) is 11.5. The molecule has 0 saturated heterocycles. The minimum atomic E-state index is -0.332. The molecule has 5 heteroatoms. The molecular weight excluding hydrogens is 229 g/mol. The number of para-hydroxylation sites is 1. The third-order valence-corrected chi connectivity index (χ3v) is 2.50. The topological polar surface area (TPSA) is 30.7 Å². The Labute approximate surface area is 97.9 Å². The summed E-state index contributed by atoms with van der Waals surface area (Å²) < 4.78 is 15.2. The van der Waals surface area contributed by atoms with Crippen LogP contribution in [-0.4, -0.2) is 14.8 Å². The molecular formula is C11H11ClFN3. The van der Waals surface area contributed by atoms with E-state index in [0.29, 0.717) is 17.9 Å². The normalized spacial score (nSPS) is 10.7. The van der Waals surface area contributed by atoms with E-state index in [4.69, 9.17) is 11.6 Å². The highest BCUT2D eigenvalue weighted by Gasteiger charge is 2.13. The molecule has 0 aliphatic heterocycles. The fourth-order valence-corrected chi connectivity index (χ4v) is 1.78. The van der Waals surface area contributed by atoms with Gasteiger partial charge in [0.15, 0.2) is 0 Å². The predicted molar refractivity (Wildman–Crippen MR) is 60.3 cm³/mol. The van der Waals surface area contributed by atoms with E-state index in [1.54, 1.807) is 22.8 Å². The first-order valence-electron chi connectivity index (χ1n) is 5.08. The van der Waals surface area contributed by atoms with Gasteiger partial charge >= 0.3 is 0 Å². The molecule has 1 heterocycles. The number of nitrogens with zero attached hydrogens (tertiary/aromatic N) is 3. The number of benzene rings is 1. The lowest BCUT2D eigenvalue weighted by atomic mass is 10.2. The van der Waals surface area contributed by atoms with Crippen LogP contribution in [0.15, 0.2) is 24.3 Å². The first-order chi connectivity index (χ1) is 7.74. The molecule has 0 radical (unpaired) electrons. The van der Waals surface area contributed by atoms with Crippen molar-refractivity contribution < 1.29 is 4.39 Å². The van der Waals surface area contributed by atoms with Crippen molar-refractivity contribution in [2.24, 2.45) is 0 Å². The van der Waals surface area contributed by atoms with Crippen molar-refractivity contribution >= 4 is 11.6 Å². The maximum atomic E-state index is 13.6. The van der Waals surface area contributed by atoms with Gasteiger partial charge in [-0.2, -0.15) is 0 Å². The molecule has 0 amide bonds. The first-order valence-corrected chi connectivity index (χ1v) is 5.46. The van der Waals surface area contributed by atoms with E-state index in [2.05, 4.69) is 10.2 Å². The monoisotopic (exact) mass is 239 g/mol. The highest BCUT2D eigenvalue weighted by molar-refractivity contribution is 6.28. The Morgan fingerprint density at radius 2 is 2.06 bits per heavy atom. The minimum Gasteiger partial charge on any atom is -0.267 e. The third kappa shape index (κ3) is 1.93. The second-order valence-electron chi connectivity index (χ2n) is 3.42. The third-order valence-electron chi connectivity index (χ3n) is 2.26.